The van der Waals surface area contributed by atoms with Crippen molar-refractivity contribution in [2.45, 2.75) is 87.5 Å². The normalized spacial score (nSPS) is 23.8. The summed E-state index contributed by atoms with van der Waals surface area (Å²) in [5, 5.41) is 8.71. The molecule has 0 amide bonds. The lowest BCUT2D eigenvalue weighted by molar-refractivity contribution is 0.0797. The molecule has 0 bridgehead atoms. The second-order valence-electron chi connectivity index (χ2n) is 11.6. The molecule has 0 radical (unpaired) electrons. The number of aliphatic hydroxyl groups is 1. The van der Waals surface area contributed by atoms with Crippen LogP contribution in [0.2, 0.25) is 0 Å². The Morgan fingerprint density at radius 1 is 1.08 bits per heavy atom. The first-order chi connectivity index (χ1) is 18.2. The maximum absolute atomic E-state index is 14.4. The fourth-order valence-corrected chi connectivity index (χ4v) is 7.79. The molecule has 2 aromatic carbocycles. The summed E-state index contributed by atoms with van der Waals surface area (Å²) in [4.78, 5) is 2.62. The van der Waals surface area contributed by atoms with Crippen LogP contribution in [-0.4, -0.2) is 60.9 Å². The van der Waals surface area contributed by atoms with Crippen LogP contribution < -0.4 is 0 Å². The van der Waals surface area contributed by atoms with Crippen molar-refractivity contribution in [3.63, 3.8) is 0 Å². The van der Waals surface area contributed by atoms with E-state index in [0.29, 0.717) is 17.9 Å². The molecule has 5 rings (SSSR count). The van der Waals surface area contributed by atoms with Gasteiger partial charge >= 0.3 is 0 Å². The van der Waals surface area contributed by atoms with E-state index >= 15 is 0 Å². The van der Waals surface area contributed by atoms with Gasteiger partial charge in [-0.25, -0.2) is 12.8 Å². The van der Waals surface area contributed by atoms with Crippen LogP contribution in [0.4, 0.5) is 4.39 Å². The number of sulfonamides is 1. The summed E-state index contributed by atoms with van der Waals surface area (Å²) in [6, 6.07) is 15.6. The number of benzene rings is 2. The molecule has 214 valence electrons. The first-order valence-electron chi connectivity index (χ1n) is 13.9. The van der Waals surface area contributed by atoms with Crippen LogP contribution in [0.5, 0.6) is 0 Å². The van der Waals surface area contributed by atoms with Crippen LogP contribution in [-0.2, 0) is 21.2 Å². The predicted molar refractivity (Wildman–Crippen MR) is 155 cm³/mol. The molecule has 0 unspecified atom stereocenters. The zero-order chi connectivity index (χ0) is 26.9. The smallest absolute Gasteiger partial charge is 0.263 e. The number of hydrogen-bond donors (Lipinski definition) is 1. The van der Waals surface area contributed by atoms with Gasteiger partial charge in [0.25, 0.3) is 10.0 Å². The van der Waals surface area contributed by atoms with Gasteiger partial charge in [0.15, 0.2) is 0 Å². The lowest BCUT2D eigenvalue weighted by atomic mass is 9.88. The molecule has 2 aliphatic heterocycles. The quantitative estimate of drug-likeness (QED) is 0.419. The van der Waals surface area contributed by atoms with E-state index in [4.69, 9.17) is 4.74 Å². The van der Waals surface area contributed by atoms with Crippen molar-refractivity contribution >= 4 is 28.3 Å². The van der Waals surface area contributed by atoms with Gasteiger partial charge in [0.2, 0.25) is 5.90 Å². The zero-order valence-corrected chi connectivity index (χ0v) is 24.4. The summed E-state index contributed by atoms with van der Waals surface area (Å²) in [6.07, 6.45) is 5.74. The summed E-state index contributed by atoms with van der Waals surface area (Å²) in [5.74, 6) is -0.197. The van der Waals surface area contributed by atoms with Crippen LogP contribution in [0.15, 0.2) is 52.9 Å². The number of likely N-dealkylation sites (tertiary alicyclic amines) is 1. The summed E-state index contributed by atoms with van der Waals surface area (Å²) in [5.41, 5.74) is 1.68. The second kappa shape index (κ2) is 12.2. The fourth-order valence-electron chi connectivity index (χ4n) is 6.10. The molecule has 9 heteroatoms. The van der Waals surface area contributed by atoms with Crippen molar-refractivity contribution in [1.82, 2.24) is 4.90 Å². The van der Waals surface area contributed by atoms with Gasteiger partial charge in [0.1, 0.15) is 16.7 Å². The molecule has 1 saturated carbocycles. The highest BCUT2D eigenvalue weighted by Crippen LogP contribution is 2.37. The van der Waals surface area contributed by atoms with Crippen molar-refractivity contribution in [3.05, 3.63) is 71.0 Å². The molecule has 6 nitrogen and oxygen atoms in total. The van der Waals surface area contributed by atoms with E-state index in [2.05, 4.69) is 21.4 Å². The van der Waals surface area contributed by atoms with Crippen molar-refractivity contribution in [2.75, 3.05) is 19.7 Å². The maximum Gasteiger partial charge on any atom is 0.263 e. The Kier molecular flexibility index (Phi) is 9.41. The third-order valence-corrected chi connectivity index (χ3v) is 10.4. The fraction of sp³-hybridized carbons (Fsp3) is 0.567. The Morgan fingerprint density at radius 2 is 1.74 bits per heavy atom. The van der Waals surface area contributed by atoms with Crippen LogP contribution in [0.25, 0.3) is 0 Å². The zero-order valence-electron chi connectivity index (χ0n) is 22.8. The third kappa shape index (κ3) is 7.02. The van der Waals surface area contributed by atoms with E-state index in [9.17, 15) is 17.9 Å². The van der Waals surface area contributed by atoms with Gasteiger partial charge in [0.05, 0.1) is 0 Å². The first kappa shape index (κ1) is 30.0. The summed E-state index contributed by atoms with van der Waals surface area (Å²) < 4.78 is 51.4. The van der Waals surface area contributed by atoms with E-state index in [1.54, 1.807) is 32.0 Å². The lowest BCUT2D eigenvalue weighted by Crippen LogP contribution is -2.50. The number of piperidine rings is 1. The molecule has 3 aliphatic rings. The largest absolute Gasteiger partial charge is 0.473 e. The monoisotopic (exact) mass is 578 g/mol. The average Bonchev–Trinajstić information content (AvgIpc) is 3.72. The van der Waals surface area contributed by atoms with Crippen molar-refractivity contribution in [3.8, 4) is 0 Å². The molecule has 1 saturated heterocycles. The minimum Gasteiger partial charge on any atom is -0.473 e. The number of rotatable bonds is 9. The number of halogens is 2. The predicted octanol–water partition coefficient (Wildman–Crippen LogP) is 5.59. The third-order valence-electron chi connectivity index (χ3n) is 8.45. The topological polar surface area (TPSA) is 79.2 Å². The summed E-state index contributed by atoms with van der Waals surface area (Å²) in [7, 11) is -3.87. The van der Waals surface area contributed by atoms with Crippen molar-refractivity contribution in [1.29, 1.82) is 0 Å². The molecular weight excluding hydrogens is 539 g/mol. The second-order valence-corrected chi connectivity index (χ2v) is 13.4. The Hall–Kier alpha value is -2.00. The minimum absolute atomic E-state index is 0. The highest BCUT2D eigenvalue weighted by Gasteiger charge is 2.46. The Morgan fingerprint density at radius 3 is 2.33 bits per heavy atom. The molecule has 0 aromatic heterocycles. The first-order valence-corrected chi connectivity index (χ1v) is 15.4. The lowest BCUT2D eigenvalue weighted by Gasteiger charge is -2.38. The highest BCUT2D eigenvalue weighted by molar-refractivity contribution is 7.91. The van der Waals surface area contributed by atoms with Gasteiger partial charge in [0, 0.05) is 19.1 Å². The molecule has 39 heavy (non-hydrogen) atoms. The van der Waals surface area contributed by atoms with Crippen LogP contribution in [0.3, 0.4) is 0 Å². The van der Waals surface area contributed by atoms with Crippen LogP contribution >= 0.6 is 12.4 Å². The molecule has 2 heterocycles. The minimum atomic E-state index is -3.87. The molecular formula is C30H40ClFN2O4S. The maximum atomic E-state index is 14.4. The Bertz CT molecular complexity index is 1260. The number of aliphatic hydroxyl groups excluding tert-OH is 1. The highest BCUT2D eigenvalue weighted by atomic mass is 35.5. The van der Waals surface area contributed by atoms with E-state index in [-0.39, 0.29) is 43.6 Å². The van der Waals surface area contributed by atoms with Gasteiger partial charge in [-0.1, -0.05) is 42.5 Å². The van der Waals surface area contributed by atoms with E-state index in [1.165, 1.54) is 50.4 Å². The van der Waals surface area contributed by atoms with Crippen molar-refractivity contribution in [2.24, 2.45) is 4.40 Å². The molecule has 2 aromatic rings. The van der Waals surface area contributed by atoms with E-state index in [0.717, 1.165) is 11.6 Å². The van der Waals surface area contributed by atoms with Crippen molar-refractivity contribution < 1.29 is 22.7 Å². The number of nitrogens with zero attached hydrogens (tertiary/aromatic N) is 2. The number of hydrogen-bond acceptors (Lipinski definition) is 5. The SMILES string of the molecule is CC1(C)OC(C[C@@H](CCO)c2ccccc2F)=NS(=O)(=O)[C@@H]1Cc1ccc(C2CCN(C3CC3)CC2)cc1.Cl. The van der Waals surface area contributed by atoms with Gasteiger partial charge in [-0.05, 0) is 100 Å². The number of ether oxygens (including phenoxy) is 1. The Labute approximate surface area is 238 Å². The molecule has 1 aliphatic carbocycles. The summed E-state index contributed by atoms with van der Waals surface area (Å²) in [6.45, 7) is 5.73. The van der Waals surface area contributed by atoms with Gasteiger partial charge in [-0.2, -0.15) is 0 Å². The van der Waals surface area contributed by atoms with Crippen LogP contribution in [0.1, 0.15) is 80.9 Å². The molecule has 0 spiro atoms. The van der Waals surface area contributed by atoms with E-state index in [1.807, 2.05) is 12.1 Å². The molecule has 2 fully saturated rings. The van der Waals surface area contributed by atoms with E-state index < -0.39 is 26.8 Å². The molecule has 2 atom stereocenters. The average molecular weight is 579 g/mol. The molecule has 1 N–H and O–H groups in total. The summed E-state index contributed by atoms with van der Waals surface area (Å²) >= 11 is 0. The van der Waals surface area contributed by atoms with Crippen LogP contribution in [0, 0.1) is 5.82 Å². The standard InChI is InChI=1S/C30H39FN2O4S.ClH/c1-30(2)28(19-21-7-9-22(10-8-21)23-13-16-33(17-14-23)25-11-12-25)38(35,36)32-29(37-30)20-24(15-18-34)26-5-3-4-6-27(26)31;/h3-10,23-25,28,34H,11-20H2,1-2H3;1H/t24-,28-;/m1./s1. The van der Waals surface area contributed by atoms with Gasteiger partial charge in [-0.15, -0.1) is 16.8 Å². The van der Waals surface area contributed by atoms with Gasteiger partial charge < -0.3 is 14.7 Å². The Balaban J connectivity index is 0.00000353. The van der Waals surface area contributed by atoms with Gasteiger partial charge in [-0.3, -0.25) is 0 Å².